The Hall–Kier alpha value is -0.450. The normalized spacial score (nSPS) is 26.9. The van der Waals surface area contributed by atoms with Crippen molar-refractivity contribution in [2.75, 3.05) is 13.2 Å². The van der Waals surface area contributed by atoms with Gasteiger partial charge in [0, 0.05) is 24.2 Å². The molecule has 1 aromatic heterocycles. The molecule has 1 heterocycles. The average molecular weight is 296 g/mol. The largest absolute Gasteiger partial charge is 0.368 e. The first-order valence-electron chi connectivity index (χ1n) is 8.00. The summed E-state index contributed by atoms with van der Waals surface area (Å²) >= 11 is 1.83. The van der Waals surface area contributed by atoms with Crippen LogP contribution in [-0.4, -0.2) is 18.1 Å². The minimum atomic E-state index is -0.111. The van der Waals surface area contributed by atoms with Crippen molar-refractivity contribution in [1.82, 2.24) is 10.3 Å². The second kappa shape index (κ2) is 7.53. The first kappa shape index (κ1) is 15.9. The van der Waals surface area contributed by atoms with Crippen molar-refractivity contribution in [3.05, 3.63) is 16.1 Å². The van der Waals surface area contributed by atoms with Crippen LogP contribution in [-0.2, 0) is 16.9 Å². The van der Waals surface area contributed by atoms with E-state index < -0.39 is 0 Å². The summed E-state index contributed by atoms with van der Waals surface area (Å²) in [7, 11) is 0. The Bertz CT molecular complexity index is 403. The number of rotatable bonds is 7. The van der Waals surface area contributed by atoms with Gasteiger partial charge in [-0.1, -0.05) is 20.3 Å². The van der Waals surface area contributed by atoms with Gasteiger partial charge in [-0.05, 0) is 45.1 Å². The van der Waals surface area contributed by atoms with Crippen LogP contribution in [0, 0.1) is 5.92 Å². The lowest BCUT2D eigenvalue weighted by Gasteiger charge is -2.38. The number of hydrogen-bond acceptors (Lipinski definition) is 4. The fourth-order valence-corrected chi connectivity index (χ4v) is 4.22. The molecular formula is C16H28N2OS. The Kier molecular flexibility index (Phi) is 6.00. The zero-order valence-electron chi connectivity index (χ0n) is 13.1. The molecule has 0 aliphatic heterocycles. The summed E-state index contributed by atoms with van der Waals surface area (Å²) in [5.41, 5.74) is -0.111. The Labute approximate surface area is 127 Å². The van der Waals surface area contributed by atoms with E-state index in [1.165, 1.54) is 29.1 Å². The average Bonchev–Trinajstić information content (AvgIpc) is 2.89. The number of aromatic nitrogens is 1. The maximum absolute atomic E-state index is 6.19. The number of hydrogen-bond donors (Lipinski definition) is 1. The van der Waals surface area contributed by atoms with Gasteiger partial charge in [-0.2, -0.15) is 0 Å². The molecule has 2 rings (SSSR count). The van der Waals surface area contributed by atoms with Gasteiger partial charge >= 0.3 is 0 Å². The van der Waals surface area contributed by atoms with Crippen molar-refractivity contribution >= 4 is 11.3 Å². The lowest BCUT2D eigenvalue weighted by atomic mass is 9.79. The van der Waals surface area contributed by atoms with Crippen molar-refractivity contribution in [2.45, 2.75) is 65.0 Å². The topological polar surface area (TPSA) is 34.2 Å². The molecule has 1 fully saturated rings. The van der Waals surface area contributed by atoms with E-state index in [1.807, 2.05) is 17.5 Å². The van der Waals surface area contributed by atoms with E-state index >= 15 is 0 Å². The summed E-state index contributed by atoms with van der Waals surface area (Å²) in [6.07, 6.45) is 8.03. The standard InChI is InChI=1S/C16H28N2OS/c1-4-9-17-11-14-12-18-15(20-14)16(19-5-2)8-6-7-13(3)10-16/h12-13,17H,4-11H2,1-3H3. The molecule has 1 N–H and O–H groups in total. The number of ether oxygens (including phenoxy) is 1. The molecule has 0 radical (unpaired) electrons. The van der Waals surface area contributed by atoms with Gasteiger partial charge in [0.2, 0.25) is 0 Å². The van der Waals surface area contributed by atoms with Crippen molar-refractivity contribution in [2.24, 2.45) is 5.92 Å². The van der Waals surface area contributed by atoms with Crippen LogP contribution in [0.25, 0.3) is 0 Å². The van der Waals surface area contributed by atoms with Gasteiger partial charge < -0.3 is 10.1 Å². The van der Waals surface area contributed by atoms with Gasteiger partial charge in [0.25, 0.3) is 0 Å². The van der Waals surface area contributed by atoms with Gasteiger partial charge in [0.1, 0.15) is 10.6 Å². The first-order chi connectivity index (χ1) is 9.70. The molecule has 0 bridgehead atoms. The highest BCUT2D eigenvalue weighted by Gasteiger charge is 2.39. The third-order valence-corrected chi connectivity index (χ3v) is 5.23. The van der Waals surface area contributed by atoms with E-state index in [2.05, 4.69) is 26.1 Å². The lowest BCUT2D eigenvalue weighted by molar-refractivity contribution is -0.0820. The first-order valence-corrected chi connectivity index (χ1v) is 8.81. The quantitative estimate of drug-likeness (QED) is 0.770. The molecule has 1 aromatic rings. The van der Waals surface area contributed by atoms with Gasteiger partial charge in [0.05, 0.1) is 0 Å². The van der Waals surface area contributed by atoms with Crippen LogP contribution in [0.4, 0.5) is 0 Å². The molecule has 2 unspecified atom stereocenters. The SMILES string of the molecule is CCCNCc1cnc(C2(OCC)CCCC(C)C2)s1. The van der Waals surface area contributed by atoms with Crippen molar-refractivity contribution in [1.29, 1.82) is 0 Å². The van der Waals surface area contributed by atoms with Crippen LogP contribution in [0.5, 0.6) is 0 Å². The molecule has 0 amide bonds. The molecule has 1 saturated carbocycles. The Balaban J connectivity index is 2.09. The fourth-order valence-electron chi connectivity index (χ4n) is 3.15. The minimum Gasteiger partial charge on any atom is -0.368 e. The highest BCUT2D eigenvalue weighted by molar-refractivity contribution is 7.11. The van der Waals surface area contributed by atoms with Crippen molar-refractivity contribution < 1.29 is 4.74 Å². The molecular weight excluding hydrogens is 268 g/mol. The van der Waals surface area contributed by atoms with Gasteiger partial charge in [0.15, 0.2) is 0 Å². The van der Waals surface area contributed by atoms with Crippen LogP contribution in [0.3, 0.4) is 0 Å². The van der Waals surface area contributed by atoms with Crippen LogP contribution >= 0.6 is 11.3 Å². The molecule has 1 aliphatic carbocycles. The molecule has 2 atom stereocenters. The summed E-state index contributed by atoms with van der Waals surface area (Å²) < 4.78 is 6.19. The third kappa shape index (κ3) is 3.80. The fraction of sp³-hybridized carbons (Fsp3) is 0.812. The molecule has 0 spiro atoms. The third-order valence-electron chi connectivity index (χ3n) is 4.05. The maximum Gasteiger partial charge on any atom is 0.125 e. The second-order valence-corrected chi connectivity index (χ2v) is 7.05. The molecule has 1 aliphatic rings. The predicted octanol–water partition coefficient (Wildman–Crippen LogP) is 4.08. The molecule has 0 aromatic carbocycles. The van der Waals surface area contributed by atoms with E-state index in [0.29, 0.717) is 0 Å². The molecule has 0 saturated heterocycles. The highest BCUT2D eigenvalue weighted by Crippen LogP contribution is 2.44. The van der Waals surface area contributed by atoms with E-state index in [4.69, 9.17) is 9.72 Å². The summed E-state index contributed by atoms with van der Waals surface area (Å²) in [6.45, 7) is 9.40. The predicted molar refractivity (Wildman–Crippen MR) is 85.0 cm³/mol. The smallest absolute Gasteiger partial charge is 0.125 e. The Morgan fingerprint density at radius 3 is 3.05 bits per heavy atom. The minimum absolute atomic E-state index is 0.111. The number of nitrogens with zero attached hydrogens (tertiary/aromatic N) is 1. The van der Waals surface area contributed by atoms with Crippen LogP contribution in [0.1, 0.15) is 62.8 Å². The number of nitrogens with one attached hydrogen (secondary N) is 1. The molecule has 114 valence electrons. The molecule has 20 heavy (non-hydrogen) atoms. The van der Waals surface area contributed by atoms with E-state index in [0.717, 1.165) is 38.5 Å². The van der Waals surface area contributed by atoms with Crippen molar-refractivity contribution in [3.8, 4) is 0 Å². The molecule has 3 nitrogen and oxygen atoms in total. The monoisotopic (exact) mass is 296 g/mol. The van der Waals surface area contributed by atoms with Gasteiger partial charge in [-0.3, -0.25) is 0 Å². The van der Waals surface area contributed by atoms with E-state index in [1.54, 1.807) is 0 Å². The Morgan fingerprint density at radius 2 is 2.35 bits per heavy atom. The van der Waals surface area contributed by atoms with Crippen molar-refractivity contribution in [3.63, 3.8) is 0 Å². The van der Waals surface area contributed by atoms with Crippen LogP contribution in [0.15, 0.2) is 6.20 Å². The maximum atomic E-state index is 6.19. The van der Waals surface area contributed by atoms with Crippen LogP contribution < -0.4 is 5.32 Å². The molecule has 4 heteroatoms. The Morgan fingerprint density at radius 1 is 1.50 bits per heavy atom. The zero-order valence-corrected chi connectivity index (χ0v) is 13.9. The van der Waals surface area contributed by atoms with Gasteiger partial charge in [-0.15, -0.1) is 11.3 Å². The van der Waals surface area contributed by atoms with E-state index in [-0.39, 0.29) is 5.60 Å². The number of thiazole rings is 1. The highest BCUT2D eigenvalue weighted by atomic mass is 32.1. The summed E-state index contributed by atoms with van der Waals surface area (Å²) in [5, 5.41) is 4.64. The zero-order chi connectivity index (χ0) is 14.4. The van der Waals surface area contributed by atoms with Gasteiger partial charge in [-0.25, -0.2) is 4.98 Å². The lowest BCUT2D eigenvalue weighted by Crippen LogP contribution is -2.35. The summed E-state index contributed by atoms with van der Waals surface area (Å²) in [4.78, 5) is 6.02. The van der Waals surface area contributed by atoms with E-state index in [9.17, 15) is 0 Å². The van der Waals surface area contributed by atoms with Crippen LogP contribution in [0.2, 0.25) is 0 Å². The second-order valence-electron chi connectivity index (χ2n) is 5.94. The summed E-state index contributed by atoms with van der Waals surface area (Å²) in [6, 6.07) is 0. The summed E-state index contributed by atoms with van der Waals surface area (Å²) in [5.74, 6) is 0.737.